The number of carbonyl (C=O) groups is 2. The molecule has 1 atom stereocenters. The monoisotopic (exact) mass is 468 g/mol. The molecule has 0 saturated carbocycles. The predicted octanol–water partition coefficient (Wildman–Crippen LogP) is 3.64. The van der Waals surface area contributed by atoms with Crippen LogP contribution in [-0.2, 0) is 16.6 Å². The number of ether oxygens (including phenoxy) is 1. The quantitative estimate of drug-likeness (QED) is 0.531. The fourth-order valence-corrected chi connectivity index (χ4v) is 4.52. The van der Waals surface area contributed by atoms with Gasteiger partial charge in [-0.15, -0.1) is 11.3 Å². The Kier molecular flexibility index (Phi) is 7.43. The fourth-order valence-electron chi connectivity index (χ4n) is 3.45. The molecule has 0 aliphatic rings. The molecular formula is C24H28N4O4S. The molecule has 0 saturated heterocycles. The number of aromatic nitrogens is 3. The molecule has 1 unspecified atom stereocenters. The molecule has 0 spiro atoms. The van der Waals surface area contributed by atoms with E-state index in [-0.39, 0.29) is 24.0 Å². The smallest absolute Gasteiger partial charge is 0.308 e. The third-order valence-corrected chi connectivity index (χ3v) is 6.36. The number of thiazole rings is 1. The van der Waals surface area contributed by atoms with Crippen LogP contribution in [0.2, 0.25) is 0 Å². The van der Waals surface area contributed by atoms with E-state index in [0.29, 0.717) is 21.1 Å². The lowest BCUT2D eigenvalue weighted by Crippen LogP contribution is -2.31. The van der Waals surface area contributed by atoms with Gasteiger partial charge in [0.1, 0.15) is 9.88 Å². The van der Waals surface area contributed by atoms with E-state index in [1.165, 1.54) is 4.68 Å². The van der Waals surface area contributed by atoms with Crippen LogP contribution in [0.15, 0.2) is 35.1 Å². The van der Waals surface area contributed by atoms with E-state index in [1.807, 2.05) is 44.2 Å². The predicted molar refractivity (Wildman–Crippen MR) is 127 cm³/mol. The lowest BCUT2D eigenvalue weighted by molar-refractivity contribution is -0.147. The zero-order valence-electron chi connectivity index (χ0n) is 19.6. The molecule has 1 aromatic carbocycles. The van der Waals surface area contributed by atoms with Crippen LogP contribution in [0.5, 0.6) is 0 Å². The lowest BCUT2D eigenvalue weighted by atomic mass is 10.0. The molecule has 9 heteroatoms. The summed E-state index contributed by atoms with van der Waals surface area (Å²) in [5, 5.41) is 7.62. The summed E-state index contributed by atoms with van der Waals surface area (Å²) in [6.07, 6.45) is -0.243. The first kappa shape index (κ1) is 24.3. The number of nitrogens with zero attached hydrogens (tertiary/aromatic N) is 3. The molecule has 0 aliphatic carbocycles. The van der Waals surface area contributed by atoms with Crippen molar-refractivity contribution in [2.75, 3.05) is 0 Å². The highest BCUT2D eigenvalue weighted by atomic mass is 32.1. The van der Waals surface area contributed by atoms with Crippen molar-refractivity contribution in [3.63, 3.8) is 0 Å². The van der Waals surface area contributed by atoms with Crippen molar-refractivity contribution in [2.45, 2.75) is 53.2 Å². The van der Waals surface area contributed by atoms with Crippen molar-refractivity contribution in [1.29, 1.82) is 0 Å². The Labute approximate surface area is 196 Å². The Hall–Kier alpha value is -3.33. The summed E-state index contributed by atoms with van der Waals surface area (Å²) in [4.78, 5) is 43.2. The molecule has 8 nitrogen and oxygen atoms in total. The Morgan fingerprint density at radius 2 is 1.79 bits per heavy atom. The third kappa shape index (κ3) is 5.54. The largest absolute Gasteiger partial charge is 0.463 e. The number of nitrogens with one attached hydrogen (secondary N) is 1. The molecule has 2 aromatic heterocycles. The molecule has 3 rings (SSSR count). The van der Waals surface area contributed by atoms with Gasteiger partial charge in [0.2, 0.25) is 0 Å². The van der Waals surface area contributed by atoms with Gasteiger partial charge in [-0.25, -0.2) is 9.67 Å². The van der Waals surface area contributed by atoms with Crippen molar-refractivity contribution in [1.82, 2.24) is 20.1 Å². The van der Waals surface area contributed by atoms with Crippen molar-refractivity contribution < 1.29 is 14.3 Å². The van der Waals surface area contributed by atoms with E-state index < -0.39 is 12.0 Å². The Bertz CT molecular complexity index is 1230. The summed E-state index contributed by atoms with van der Waals surface area (Å²) in [5.74, 6) is -0.755. The van der Waals surface area contributed by atoms with Gasteiger partial charge in [-0.05, 0) is 45.7 Å². The highest BCUT2D eigenvalue weighted by Crippen LogP contribution is 2.29. The van der Waals surface area contributed by atoms with Gasteiger partial charge < -0.3 is 10.1 Å². The zero-order valence-corrected chi connectivity index (χ0v) is 20.4. The first-order valence-corrected chi connectivity index (χ1v) is 11.5. The number of amides is 1. The molecule has 1 amide bonds. The Morgan fingerprint density at radius 1 is 1.12 bits per heavy atom. The number of hydrogen-bond donors (Lipinski definition) is 1. The summed E-state index contributed by atoms with van der Waals surface area (Å²) < 4.78 is 6.56. The maximum Gasteiger partial charge on any atom is 0.308 e. The highest BCUT2D eigenvalue weighted by molar-refractivity contribution is 7.17. The molecule has 0 fully saturated rings. The number of aryl methyl sites for hydroxylation is 3. The van der Waals surface area contributed by atoms with Crippen molar-refractivity contribution in [3.8, 4) is 10.6 Å². The topological polar surface area (TPSA) is 103 Å². The number of rotatable bonds is 7. The molecule has 0 bridgehead atoms. The summed E-state index contributed by atoms with van der Waals surface area (Å²) in [5.41, 5.74) is 2.94. The van der Waals surface area contributed by atoms with Gasteiger partial charge in [-0.2, -0.15) is 5.10 Å². The van der Waals surface area contributed by atoms with E-state index in [1.54, 1.807) is 27.8 Å². The standard InChI is InChI=1S/C24H28N4O4S/c1-13(2)32-19(29)12-18(17-10-8-7-9-11-17)26-22(30)21-16(5)25-23(33-21)20-14(3)15(4)27-28(6)24(20)31/h7-11,13,18H,12H2,1-6H3,(H,26,30). The SMILES string of the molecule is Cc1nc(-c2c(C)c(C)nn(C)c2=O)sc1C(=O)NC(CC(=O)OC(C)C)c1ccccc1. The molecule has 174 valence electrons. The van der Waals surface area contributed by atoms with Crippen molar-refractivity contribution >= 4 is 23.2 Å². The van der Waals surface area contributed by atoms with Gasteiger partial charge in [0, 0.05) is 7.05 Å². The molecular weight excluding hydrogens is 440 g/mol. The van der Waals surface area contributed by atoms with Crippen molar-refractivity contribution in [2.24, 2.45) is 7.05 Å². The normalized spacial score (nSPS) is 12.0. The lowest BCUT2D eigenvalue weighted by Gasteiger charge is -2.19. The van der Waals surface area contributed by atoms with Crippen LogP contribution in [0.4, 0.5) is 0 Å². The maximum absolute atomic E-state index is 13.2. The molecule has 33 heavy (non-hydrogen) atoms. The second kappa shape index (κ2) is 10.1. The van der Waals surface area contributed by atoms with E-state index in [0.717, 1.165) is 28.2 Å². The second-order valence-electron chi connectivity index (χ2n) is 8.13. The van der Waals surface area contributed by atoms with E-state index in [4.69, 9.17) is 4.74 Å². The maximum atomic E-state index is 13.2. The first-order chi connectivity index (χ1) is 15.6. The van der Waals surface area contributed by atoms with Crippen LogP contribution in [0.1, 0.15) is 58.5 Å². The third-order valence-electron chi connectivity index (χ3n) is 5.19. The van der Waals surface area contributed by atoms with E-state index in [2.05, 4.69) is 15.4 Å². The molecule has 1 N–H and O–H groups in total. The Morgan fingerprint density at radius 3 is 2.42 bits per heavy atom. The summed E-state index contributed by atoms with van der Waals surface area (Å²) in [6, 6.07) is 8.71. The van der Waals surface area contributed by atoms with Crippen LogP contribution in [0, 0.1) is 20.8 Å². The number of carbonyl (C=O) groups excluding carboxylic acids is 2. The second-order valence-corrected chi connectivity index (χ2v) is 9.13. The number of benzene rings is 1. The fraction of sp³-hybridized carbons (Fsp3) is 0.375. The van der Waals surface area contributed by atoms with Gasteiger partial charge in [0.15, 0.2) is 0 Å². The molecule has 0 radical (unpaired) electrons. The minimum Gasteiger partial charge on any atom is -0.463 e. The van der Waals surface area contributed by atoms with Gasteiger partial charge in [-0.3, -0.25) is 14.4 Å². The average Bonchev–Trinajstić information content (AvgIpc) is 3.13. The van der Waals surface area contributed by atoms with Crippen LogP contribution >= 0.6 is 11.3 Å². The van der Waals surface area contributed by atoms with E-state index in [9.17, 15) is 14.4 Å². The average molecular weight is 469 g/mol. The van der Waals surface area contributed by atoms with Crippen LogP contribution in [0.25, 0.3) is 10.6 Å². The summed E-state index contributed by atoms with van der Waals surface area (Å²) >= 11 is 1.15. The summed E-state index contributed by atoms with van der Waals surface area (Å²) in [7, 11) is 1.59. The molecule has 2 heterocycles. The minimum absolute atomic E-state index is 0.00183. The highest BCUT2D eigenvalue weighted by Gasteiger charge is 2.25. The van der Waals surface area contributed by atoms with Gasteiger partial charge in [-0.1, -0.05) is 30.3 Å². The molecule has 3 aromatic rings. The first-order valence-electron chi connectivity index (χ1n) is 10.7. The van der Waals surface area contributed by atoms with Gasteiger partial charge in [0.05, 0.1) is 35.5 Å². The Balaban J connectivity index is 1.92. The van der Waals surface area contributed by atoms with Crippen LogP contribution in [0.3, 0.4) is 0 Å². The van der Waals surface area contributed by atoms with Crippen LogP contribution in [-0.4, -0.2) is 32.7 Å². The zero-order chi connectivity index (χ0) is 24.3. The van der Waals surface area contributed by atoms with Gasteiger partial charge >= 0.3 is 5.97 Å². The number of esters is 1. The number of hydrogen-bond acceptors (Lipinski definition) is 7. The van der Waals surface area contributed by atoms with Crippen LogP contribution < -0.4 is 10.9 Å². The van der Waals surface area contributed by atoms with Crippen molar-refractivity contribution in [3.05, 3.63) is 68.1 Å². The summed E-state index contributed by atoms with van der Waals surface area (Å²) in [6.45, 7) is 8.94. The minimum atomic E-state index is -0.562. The molecule has 0 aliphatic heterocycles. The van der Waals surface area contributed by atoms with E-state index >= 15 is 0 Å². The van der Waals surface area contributed by atoms with Gasteiger partial charge in [0.25, 0.3) is 11.5 Å².